The van der Waals surface area contributed by atoms with Crippen molar-refractivity contribution in [3.8, 4) is 5.75 Å². The van der Waals surface area contributed by atoms with Crippen molar-refractivity contribution in [2.45, 2.75) is 44.5 Å². The van der Waals surface area contributed by atoms with E-state index in [-0.39, 0.29) is 23.2 Å². The Labute approximate surface area is 179 Å². The van der Waals surface area contributed by atoms with Gasteiger partial charge in [0.25, 0.3) is 5.24 Å². The Hall–Kier alpha value is -2.87. The molecule has 1 aromatic carbocycles. The average Bonchev–Trinajstić information content (AvgIpc) is 2.94. The van der Waals surface area contributed by atoms with Crippen LogP contribution in [0, 0.1) is 0 Å². The summed E-state index contributed by atoms with van der Waals surface area (Å²) in [6, 6.07) is 11.3. The van der Waals surface area contributed by atoms with Crippen molar-refractivity contribution in [1.82, 2.24) is 10.3 Å². The summed E-state index contributed by atoms with van der Waals surface area (Å²) in [5, 5.41) is 2.03. The normalized spacial score (nSPS) is 19.3. The first-order valence-corrected chi connectivity index (χ1v) is 10.4. The van der Waals surface area contributed by atoms with Gasteiger partial charge in [-0.05, 0) is 55.8 Å². The van der Waals surface area contributed by atoms with Crippen molar-refractivity contribution in [2.24, 2.45) is 0 Å². The standard InChI is InChI=1S/C22H24N2O5S/c1-14(29-15(2)25)17-6-7-18(23-13-17)10-11-28-19-8-4-16(5-9-19)12-22(3)20(26)24-21(27)30-22/h4-9,13-14H,10-12H2,1-3H3,(H,24,26,27)/t14?,22-/m0/s1. The van der Waals surface area contributed by atoms with Crippen molar-refractivity contribution < 1.29 is 23.9 Å². The molecule has 0 radical (unpaired) electrons. The van der Waals surface area contributed by atoms with E-state index in [0.29, 0.717) is 19.4 Å². The lowest BCUT2D eigenvalue weighted by atomic mass is 9.99. The molecule has 2 atom stereocenters. The van der Waals surface area contributed by atoms with Crippen LogP contribution in [0.5, 0.6) is 5.75 Å². The fraction of sp³-hybridized carbons (Fsp3) is 0.364. The molecule has 1 fully saturated rings. The third-order valence-corrected chi connectivity index (χ3v) is 5.83. The molecule has 2 amide bonds. The fourth-order valence-electron chi connectivity index (χ4n) is 3.13. The number of thioether (sulfide) groups is 1. The van der Waals surface area contributed by atoms with Gasteiger partial charge in [0, 0.05) is 30.8 Å². The van der Waals surface area contributed by atoms with Crippen molar-refractivity contribution in [1.29, 1.82) is 0 Å². The smallest absolute Gasteiger partial charge is 0.303 e. The molecule has 158 valence electrons. The third kappa shape index (κ3) is 5.60. The number of carbonyl (C=O) groups is 3. The molecule has 7 nitrogen and oxygen atoms in total. The van der Waals surface area contributed by atoms with Crippen molar-refractivity contribution in [3.63, 3.8) is 0 Å². The van der Waals surface area contributed by atoms with Crippen LogP contribution in [0.4, 0.5) is 4.79 Å². The first-order chi connectivity index (χ1) is 14.2. The number of nitrogens with zero attached hydrogens (tertiary/aromatic N) is 1. The topological polar surface area (TPSA) is 94.6 Å². The van der Waals surface area contributed by atoms with Gasteiger partial charge in [-0.15, -0.1) is 0 Å². The highest BCUT2D eigenvalue weighted by atomic mass is 32.2. The zero-order valence-corrected chi connectivity index (χ0v) is 18.0. The van der Waals surface area contributed by atoms with Crippen molar-refractivity contribution >= 4 is 28.9 Å². The van der Waals surface area contributed by atoms with Gasteiger partial charge in [0.2, 0.25) is 5.91 Å². The van der Waals surface area contributed by atoms with Crippen molar-refractivity contribution in [3.05, 3.63) is 59.4 Å². The van der Waals surface area contributed by atoms with Gasteiger partial charge in [-0.1, -0.05) is 18.2 Å². The van der Waals surface area contributed by atoms with Gasteiger partial charge in [0.15, 0.2) is 0 Å². The maximum atomic E-state index is 12.0. The summed E-state index contributed by atoms with van der Waals surface area (Å²) in [6.07, 6.45) is 2.49. The van der Waals surface area contributed by atoms with Crippen LogP contribution < -0.4 is 10.1 Å². The van der Waals surface area contributed by atoms with Crippen LogP contribution in [-0.2, 0) is 27.2 Å². The minimum absolute atomic E-state index is 0.251. The molecular weight excluding hydrogens is 404 g/mol. The maximum Gasteiger partial charge on any atom is 0.303 e. The van der Waals surface area contributed by atoms with E-state index in [9.17, 15) is 14.4 Å². The first-order valence-electron chi connectivity index (χ1n) is 9.63. The summed E-state index contributed by atoms with van der Waals surface area (Å²) in [7, 11) is 0. The molecule has 30 heavy (non-hydrogen) atoms. The Morgan fingerprint density at radius 2 is 1.93 bits per heavy atom. The largest absolute Gasteiger partial charge is 0.493 e. The second-order valence-electron chi connectivity index (χ2n) is 7.33. The van der Waals surface area contributed by atoms with E-state index in [2.05, 4.69) is 10.3 Å². The summed E-state index contributed by atoms with van der Waals surface area (Å²) in [4.78, 5) is 38.8. The second-order valence-corrected chi connectivity index (χ2v) is 8.80. The van der Waals surface area contributed by atoms with Crippen LogP contribution in [0.2, 0.25) is 0 Å². The lowest BCUT2D eigenvalue weighted by molar-refractivity contribution is -0.145. The quantitative estimate of drug-likeness (QED) is 0.642. The molecular formula is C22H24N2O5S. The monoisotopic (exact) mass is 428 g/mol. The van der Waals surface area contributed by atoms with E-state index in [0.717, 1.165) is 34.3 Å². The van der Waals surface area contributed by atoms with Gasteiger partial charge >= 0.3 is 5.97 Å². The van der Waals surface area contributed by atoms with Crippen LogP contribution in [0.3, 0.4) is 0 Å². The Bertz CT molecular complexity index is 930. The summed E-state index contributed by atoms with van der Waals surface area (Å²) in [5.41, 5.74) is 2.68. The number of hydrogen-bond acceptors (Lipinski definition) is 7. The van der Waals surface area contributed by atoms with Crippen LogP contribution in [0.25, 0.3) is 0 Å². The Balaban J connectivity index is 1.48. The minimum atomic E-state index is -0.774. The molecule has 2 aromatic rings. The summed E-state index contributed by atoms with van der Waals surface area (Å²) < 4.78 is 10.1. The molecule has 3 rings (SSSR count). The van der Waals surface area contributed by atoms with E-state index >= 15 is 0 Å². The van der Waals surface area contributed by atoms with E-state index in [4.69, 9.17) is 9.47 Å². The predicted octanol–water partition coefficient (Wildman–Crippen LogP) is 3.61. The molecule has 0 saturated carbocycles. The number of nitrogens with one attached hydrogen (secondary N) is 1. The molecule has 1 aliphatic rings. The van der Waals surface area contributed by atoms with E-state index in [1.54, 1.807) is 20.0 Å². The lowest BCUT2D eigenvalue weighted by Crippen LogP contribution is -2.35. The number of aromatic nitrogens is 1. The van der Waals surface area contributed by atoms with Crippen LogP contribution in [0.1, 0.15) is 43.7 Å². The number of esters is 1. The highest BCUT2D eigenvalue weighted by molar-refractivity contribution is 8.16. The fourth-order valence-corrected chi connectivity index (χ4v) is 4.06. The number of ether oxygens (including phenoxy) is 2. The zero-order chi connectivity index (χ0) is 21.7. The number of rotatable bonds is 8. The molecule has 0 bridgehead atoms. The summed E-state index contributed by atoms with van der Waals surface area (Å²) >= 11 is 1.03. The third-order valence-electron chi connectivity index (χ3n) is 4.77. The number of imide groups is 1. The number of pyridine rings is 1. The van der Waals surface area contributed by atoms with Crippen molar-refractivity contribution in [2.75, 3.05) is 6.61 Å². The van der Waals surface area contributed by atoms with Gasteiger partial charge in [-0.25, -0.2) is 0 Å². The van der Waals surface area contributed by atoms with E-state index in [1.807, 2.05) is 36.4 Å². The summed E-state index contributed by atoms with van der Waals surface area (Å²) in [5.74, 6) is 0.154. The van der Waals surface area contributed by atoms with E-state index in [1.165, 1.54) is 6.92 Å². The summed E-state index contributed by atoms with van der Waals surface area (Å²) in [6.45, 7) is 5.43. The number of amides is 2. The first kappa shape index (κ1) is 21.8. The zero-order valence-electron chi connectivity index (χ0n) is 17.1. The molecule has 2 heterocycles. The predicted molar refractivity (Wildman–Crippen MR) is 113 cm³/mol. The molecule has 1 unspecified atom stereocenters. The highest BCUT2D eigenvalue weighted by Crippen LogP contribution is 2.34. The Morgan fingerprint density at radius 3 is 2.50 bits per heavy atom. The molecule has 8 heteroatoms. The molecule has 0 aliphatic carbocycles. The molecule has 1 saturated heterocycles. The van der Waals surface area contributed by atoms with Gasteiger partial charge in [0.1, 0.15) is 16.6 Å². The second kappa shape index (κ2) is 9.30. The van der Waals surface area contributed by atoms with Crippen LogP contribution >= 0.6 is 11.8 Å². The van der Waals surface area contributed by atoms with Crippen LogP contribution in [0.15, 0.2) is 42.6 Å². The molecule has 1 N–H and O–H groups in total. The van der Waals surface area contributed by atoms with Crippen LogP contribution in [-0.4, -0.2) is 33.5 Å². The van der Waals surface area contributed by atoms with Gasteiger partial charge in [0.05, 0.1) is 6.61 Å². The van der Waals surface area contributed by atoms with E-state index < -0.39 is 4.75 Å². The van der Waals surface area contributed by atoms with Gasteiger partial charge in [-0.2, -0.15) is 0 Å². The highest BCUT2D eigenvalue weighted by Gasteiger charge is 2.43. The Kier molecular flexibility index (Phi) is 6.77. The molecule has 1 aromatic heterocycles. The maximum absolute atomic E-state index is 12.0. The van der Waals surface area contributed by atoms with Gasteiger partial charge in [-0.3, -0.25) is 24.7 Å². The molecule has 1 aliphatic heterocycles. The number of benzene rings is 1. The number of carbonyl (C=O) groups excluding carboxylic acids is 3. The van der Waals surface area contributed by atoms with Gasteiger partial charge < -0.3 is 9.47 Å². The number of hydrogen-bond donors (Lipinski definition) is 1. The lowest BCUT2D eigenvalue weighted by Gasteiger charge is -2.18. The minimum Gasteiger partial charge on any atom is -0.493 e. The Morgan fingerprint density at radius 1 is 1.20 bits per heavy atom. The average molecular weight is 429 g/mol. The SMILES string of the molecule is CC(=O)OC(C)c1ccc(CCOc2ccc(C[C@]3(C)SC(=O)NC3=O)cc2)nc1. The molecule has 0 spiro atoms.